The van der Waals surface area contributed by atoms with Gasteiger partial charge in [0.2, 0.25) is 6.41 Å². The fraction of sp³-hybridized carbons (Fsp3) is 0.857. The summed E-state index contributed by atoms with van der Waals surface area (Å²) in [6.45, 7) is 4.14. The molecule has 0 radical (unpaired) electrons. The van der Waals surface area contributed by atoms with Crippen molar-refractivity contribution in [1.82, 2.24) is 10.6 Å². The first-order valence-electron chi connectivity index (χ1n) is 7.46. The lowest BCUT2D eigenvalue weighted by Gasteiger charge is -2.09. The van der Waals surface area contributed by atoms with Crippen molar-refractivity contribution in [2.75, 3.05) is 33.9 Å². The minimum atomic E-state index is -0.867. The number of hydrogen-bond donors (Lipinski definition) is 3. The van der Waals surface area contributed by atoms with Crippen LogP contribution in [0.25, 0.3) is 0 Å². The lowest BCUT2D eigenvalue weighted by atomic mass is 10.2. The number of carbonyl (C=O) groups is 2. The molecule has 8 heteroatoms. The van der Waals surface area contributed by atoms with Crippen LogP contribution in [-0.4, -0.2) is 58.0 Å². The van der Waals surface area contributed by atoms with Gasteiger partial charge in [-0.1, -0.05) is 19.8 Å². The minimum Gasteiger partial charge on any atom is -0.468 e. The highest BCUT2D eigenvalue weighted by atomic mass is 16.6. The van der Waals surface area contributed by atoms with Gasteiger partial charge in [0.15, 0.2) is 0 Å². The minimum absolute atomic E-state index is 0.355. The number of hydrogen-bond acceptors (Lipinski definition) is 7. The zero-order chi connectivity index (χ0) is 17.1. The Balaban J connectivity index is 0. The van der Waals surface area contributed by atoms with Crippen LogP contribution >= 0.6 is 0 Å². The molecule has 0 heterocycles. The van der Waals surface area contributed by atoms with Crippen LogP contribution in [0.5, 0.6) is 0 Å². The molecule has 22 heavy (non-hydrogen) atoms. The number of amides is 1. The van der Waals surface area contributed by atoms with E-state index in [9.17, 15) is 9.59 Å². The summed E-state index contributed by atoms with van der Waals surface area (Å²) in [4.78, 5) is 20.0. The molecule has 132 valence electrons. The Morgan fingerprint density at radius 2 is 1.91 bits per heavy atom. The SMILES string of the molecule is CCCOC(=O)NC.COC(O)NCCCCCCOC=O. The summed E-state index contributed by atoms with van der Waals surface area (Å²) in [5.74, 6) is 0. The molecule has 0 rings (SSSR count). The average molecular weight is 322 g/mol. The molecule has 0 aliphatic heterocycles. The molecule has 0 spiro atoms. The van der Waals surface area contributed by atoms with Crippen molar-refractivity contribution in [2.45, 2.75) is 45.4 Å². The lowest BCUT2D eigenvalue weighted by molar-refractivity contribution is -0.128. The van der Waals surface area contributed by atoms with Crippen molar-refractivity contribution < 1.29 is 28.9 Å². The van der Waals surface area contributed by atoms with Crippen molar-refractivity contribution in [3.63, 3.8) is 0 Å². The van der Waals surface area contributed by atoms with E-state index in [1.54, 1.807) is 0 Å². The summed E-state index contributed by atoms with van der Waals surface area (Å²) in [6, 6.07) is 0. The van der Waals surface area contributed by atoms with Crippen LogP contribution in [0.2, 0.25) is 0 Å². The molecule has 0 aliphatic rings. The molecule has 3 N–H and O–H groups in total. The van der Waals surface area contributed by atoms with Gasteiger partial charge < -0.3 is 24.6 Å². The Hall–Kier alpha value is -1.38. The van der Waals surface area contributed by atoms with Crippen LogP contribution in [0, 0.1) is 0 Å². The van der Waals surface area contributed by atoms with E-state index in [-0.39, 0.29) is 6.09 Å². The van der Waals surface area contributed by atoms with Crippen molar-refractivity contribution in [2.24, 2.45) is 0 Å². The van der Waals surface area contributed by atoms with Crippen LogP contribution in [0.4, 0.5) is 4.79 Å². The topological polar surface area (TPSA) is 106 Å². The number of alkyl carbamates (subject to hydrolysis) is 1. The molecule has 0 saturated heterocycles. The Morgan fingerprint density at radius 1 is 1.23 bits per heavy atom. The zero-order valence-electron chi connectivity index (χ0n) is 13.8. The van der Waals surface area contributed by atoms with E-state index >= 15 is 0 Å². The van der Waals surface area contributed by atoms with E-state index in [2.05, 4.69) is 24.8 Å². The second kappa shape index (κ2) is 19.6. The van der Waals surface area contributed by atoms with Gasteiger partial charge in [0.1, 0.15) is 0 Å². The first-order chi connectivity index (χ1) is 10.6. The maximum Gasteiger partial charge on any atom is 0.406 e. The van der Waals surface area contributed by atoms with Gasteiger partial charge in [-0.15, -0.1) is 0 Å². The van der Waals surface area contributed by atoms with Gasteiger partial charge >= 0.3 is 6.09 Å². The summed E-state index contributed by atoms with van der Waals surface area (Å²) < 4.78 is 13.7. The fourth-order valence-corrected chi connectivity index (χ4v) is 1.29. The maximum absolute atomic E-state index is 10.2. The van der Waals surface area contributed by atoms with Gasteiger partial charge in [-0.25, -0.2) is 4.79 Å². The third kappa shape index (κ3) is 20.9. The number of methoxy groups -OCH3 is 1. The van der Waals surface area contributed by atoms with Crippen LogP contribution < -0.4 is 10.6 Å². The summed E-state index contributed by atoms with van der Waals surface area (Å²) >= 11 is 0. The highest BCUT2D eigenvalue weighted by Gasteiger charge is 1.97. The first-order valence-corrected chi connectivity index (χ1v) is 7.46. The van der Waals surface area contributed by atoms with E-state index in [1.165, 1.54) is 14.2 Å². The molecule has 0 aromatic heterocycles. The maximum atomic E-state index is 10.2. The van der Waals surface area contributed by atoms with Crippen molar-refractivity contribution in [3.05, 3.63) is 0 Å². The number of nitrogens with one attached hydrogen (secondary N) is 2. The summed E-state index contributed by atoms with van der Waals surface area (Å²) in [6.07, 6.45) is 3.59. The predicted molar refractivity (Wildman–Crippen MR) is 82.2 cm³/mol. The Bertz CT molecular complexity index is 253. The van der Waals surface area contributed by atoms with Gasteiger partial charge in [0.25, 0.3) is 6.47 Å². The highest BCUT2D eigenvalue weighted by molar-refractivity contribution is 5.66. The summed E-state index contributed by atoms with van der Waals surface area (Å²) in [5.41, 5.74) is 0. The molecule has 8 nitrogen and oxygen atoms in total. The number of aliphatic hydroxyl groups excluding tert-OH is 1. The van der Waals surface area contributed by atoms with Crippen LogP contribution in [-0.2, 0) is 19.0 Å². The Morgan fingerprint density at radius 3 is 2.45 bits per heavy atom. The van der Waals surface area contributed by atoms with Gasteiger partial charge in [-0.3, -0.25) is 10.1 Å². The van der Waals surface area contributed by atoms with Crippen molar-refractivity contribution >= 4 is 12.6 Å². The number of rotatable bonds is 12. The molecule has 0 aromatic carbocycles. The monoisotopic (exact) mass is 322 g/mol. The molecular weight excluding hydrogens is 292 g/mol. The number of carbonyl (C=O) groups excluding carboxylic acids is 2. The predicted octanol–water partition coefficient (Wildman–Crippen LogP) is 0.984. The van der Waals surface area contributed by atoms with E-state index in [4.69, 9.17) is 5.11 Å². The quantitative estimate of drug-likeness (QED) is 0.279. The molecule has 0 fully saturated rings. The molecule has 0 aliphatic carbocycles. The number of ether oxygens (including phenoxy) is 3. The molecule has 1 amide bonds. The van der Waals surface area contributed by atoms with Crippen LogP contribution in [0.1, 0.15) is 39.0 Å². The van der Waals surface area contributed by atoms with Gasteiger partial charge in [0, 0.05) is 14.2 Å². The van der Waals surface area contributed by atoms with E-state index < -0.39 is 6.41 Å². The van der Waals surface area contributed by atoms with Gasteiger partial charge in [0.05, 0.1) is 13.2 Å². The Kier molecular flexibility index (Phi) is 20.4. The van der Waals surface area contributed by atoms with E-state index in [0.717, 1.165) is 38.6 Å². The fourth-order valence-electron chi connectivity index (χ4n) is 1.29. The van der Waals surface area contributed by atoms with E-state index in [0.29, 0.717) is 19.7 Å². The number of unbranched alkanes of at least 4 members (excludes halogenated alkanes) is 3. The standard InChI is InChI=1S/C9H19NO4.C5H11NO2/c1-13-9(12)10-6-4-2-3-5-7-14-8-11;1-3-4-8-5(7)6-2/h8-10,12H,2-7H2,1H3;3-4H2,1-2H3,(H,6,7). The molecule has 1 unspecified atom stereocenters. The smallest absolute Gasteiger partial charge is 0.406 e. The molecule has 0 aromatic rings. The zero-order valence-corrected chi connectivity index (χ0v) is 13.8. The molecule has 0 saturated carbocycles. The second-order valence-electron chi connectivity index (χ2n) is 4.31. The third-order valence-electron chi connectivity index (χ3n) is 2.44. The highest BCUT2D eigenvalue weighted by Crippen LogP contribution is 1.98. The molecular formula is C14H30N2O6. The van der Waals surface area contributed by atoms with E-state index in [1.807, 2.05) is 6.92 Å². The van der Waals surface area contributed by atoms with Gasteiger partial charge in [-0.2, -0.15) is 0 Å². The van der Waals surface area contributed by atoms with Crippen LogP contribution in [0.3, 0.4) is 0 Å². The normalized spacial score (nSPS) is 10.9. The average Bonchev–Trinajstić information content (AvgIpc) is 2.55. The lowest BCUT2D eigenvalue weighted by Crippen LogP contribution is -2.30. The molecule has 0 bridgehead atoms. The second-order valence-corrected chi connectivity index (χ2v) is 4.31. The third-order valence-corrected chi connectivity index (χ3v) is 2.44. The Labute approximate surface area is 132 Å². The number of aliphatic hydroxyl groups is 1. The van der Waals surface area contributed by atoms with Crippen LogP contribution in [0.15, 0.2) is 0 Å². The summed E-state index contributed by atoms with van der Waals surface area (Å²) in [7, 11) is 2.98. The molecule has 1 atom stereocenters. The van der Waals surface area contributed by atoms with Crippen molar-refractivity contribution in [1.29, 1.82) is 0 Å². The van der Waals surface area contributed by atoms with Crippen molar-refractivity contribution in [3.8, 4) is 0 Å². The largest absolute Gasteiger partial charge is 0.468 e. The first kappa shape index (κ1) is 22.9. The van der Waals surface area contributed by atoms with Gasteiger partial charge in [-0.05, 0) is 25.8 Å². The summed E-state index contributed by atoms with van der Waals surface area (Å²) in [5, 5.41) is 14.1.